The maximum atomic E-state index is 5.94. The van der Waals surface area contributed by atoms with Crippen molar-refractivity contribution in [1.29, 1.82) is 0 Å². The minimum absolute atomic E-state index is 0.317. The maximum Gasteiger partial charge on any atom is 0.256 e. The number of hydrogen-bond donors (Lipinski definition) is 0. The topological polar surface area (TPSA) is 52.3 Å². The Kier molecular flexibility index (Phi) is 3.27. The molecule has 0 bridgehead atoms. The molecule has 0 atom stereocenters. The quantitative estimate of drug-likeness (QED) is 0.548. The number of fused-ring (bicyclic) bond motifs is 1. The van der Waals surface area contributed by atoms with Crippen LogP contribution in [0.5, 0.6) is 11.6 Å². The van der Waals surface area contributed by atoms with Crippen molar-refractivity contribution in [3.63, 3.8) is 0 Å². The maximum absolute atomic E-state index is 5.94. The molecule has 0 unspecified atom stereocenters. The highest BCUT2D eigenvalue weighted by Crippen LogP contribution is 2.31. The van der Waals surface area contributed by atoms with Crippen LogP contribution in [0.25, 0.3) is 5.78 Å². The molecule has 1 aromatic carbocycles. The summed E-state index contributed by atoms with van der Waals surface area (Å²) in [6, 6.07) is 9.37. The van der Waals surface area contributed by atoms with E-state index in [2.05, 4.69) is 15.1 Å². The third-order valence-corrected chi connectivity index (χ3v) is 3.44. The van der Waals surface area contributed by atoms with E-state index >= 15 is 0 Å². The van der Waals surface area contributed by atoms with Crippen LogP contribution in [0.4, 0.5) is 0 Å². The molecule has 96 valence electrons. The average molecular weight is 293 g/mol. The first-order chi connectivity index (χ1) is 9.28. The zero-order chi connectivity index (χ0) is 13.2. The van der Waals surface area contributed by atoms with Crippen molar-refractivity contribution in [3.05, 3.63) is 41.8 Å². The van der Waals surface area contributed by atoms with Crippen LogP contribution in [0.3, 0.4) is 0 Å². The molecule has 0 aliphatic carbocycles. The first-order valence-corrected chi connectivity index (χ1v) is 7.05. The summed E-state index contributed by atoms with van der Waals surface area (Å²) in [5, 5.41) is 4.38. The lowest BCUT2D eigenvalue weighted by atomic mass is 10.3. The van der Waals surface area contributed by atoms with Crippen LogP contribution in [-0.2, 0) is 0 Å². The molecule has 0 aliphatic heterocycles. The number of para-hydroxylation sites is 1. The van der Waals surface area contributed by atoms with Gasteiger partial charge in [0.2, 0.25) is 5.88 Å². The summed E-state index contributed by atoms with van der Waals surface area (Å²) in [6.07, 6.45) is 3.40. The van der Waals surface area contributed by atoms with Gasteiger partial charge in [-0.3, -0.25) is 0 Å². The molecule has 0 saturated carbocycles. The number of thioether (sulfide) groups is 1. The Morgan fingerprint density at radius 1 is 1.32 bits per heavy atom. The second-order valence-electron chi connectivity index (χ2n) is 3.64. The number of hydrogen-bond acceptors (Lipinski definition) is 5. The van der Waals surface area contributed by atoms with Gasteiger partial charge in [0.15, 0.2) is 0 Å². The summed E-state index contributed by atoms with van der Waals surface area (Å²) in [4.78, 5) is 9.08. The molecule has 3 rings (SSSR count). The van der Waals surface area contributed by atoms with Crippen LogP contribution in [0.1, 0.15) is 0 Å². The van der Waals surface area contributed by atoms with Crippen molar-refractivity contribution in [2.24, 2.45) is 0 Å². The summed E-state index contributed by atoms with van der Waals surface area (Å²) >= 11 is 7.55. The van der Waals surface area contributed by atoms with E-state index in [0.717, 1.165) is 10.6 Å². The highest BCUT2D eigenvalue weighted by atomic mass is 35.5. The molecule has 0 saturated heterocycles. The smallest absolute Gasteiger partial charge is 0.256 e. The van der Waals surface area contributed by atoms with Crippen LogP contribution in [0.15, 0.2) is 41.6 Å². The summed E-state index contributed by atoms with van der Waals surface area (Å²) < 4.78 is 7.37. The average Bonchev–Trinajstić information content (AvgIpc) is 2.87. The lowest BCUT2D eigenvalue weighted by Gasteiger charge is -2.10. The predicted molar refractivity (Wildman–Crippen MR) is 74.1 cm³/mol. The summed E-state index contributed by atoms with van der Waals surface area (Å²) in [6.45, 7) is 0. The minimum Gasteiger partial charge on any atom is -0.438 e. The monoisotopic (exact) mass is 292 g/mol. The van der Waals surface area contributed by atoms with Gasteiger partial charge in [-0.05, 0) is 18.4 Å². The van der Waals surface area contributed by atoms with Crippen LogP contribution in [0.2, 0.25) is 5.15 Å². The van der Waals surface area contributed by atoms with E-state index in [1.807, 2.05) is 30.5 Å². The Bertz CT molecular complexity index is 731. The van der Waals surface area contributed by atoms with E-state index < -0.39 is 0 Å². The summed E-state index contributed by atoms with van der Waals surface area (Å²) in [5.74, 6) is 1.63. The number of benzene rings is 1. The molecule has 5 nitrogen and oxygen atoms in total. The fraction of sp³-hybridized carbons (Fsp3) is 0.0833. The van der Waals surface area contributed by atoms with Crippen molar-refractivity contribution < 1.29 is 4.74 Å². The first-order valence-electron chi connectivity index (χ1n) is 5.45. The number of nitrogens with zero attached hydrogens (tertiary/aromatic N) is 4. The molecule has 0 N–H and O–H groups in total. The van der Waals surface area contributed by atoms with Crippen LogP contribution in [-0.4, -0.2) is 25.8 Å². The van der Waals surface area contributed by atoms with E-state index in [1.54, 1.807) is 17.8 Å². The van der Waals surface area contributed by atoms with Crippen LogP contribution >= 0.6 is 23.4 Å². The third kappa shape index (κ3) is 2.36. The van der Waals surface area contributed by atoms with Gasteiger partial charge in [0.1, 0.15) is 17.2 Å². The van der Waals surface area contributed by atoms with E-state index in [1.165, 1.54) is 10.8 Å². The highest BCUT2D eigenvalue weighted by Gasteiger charge is 2.10. The van der Waals surface area contributed by atoms with E-state index in [0.29, 0.717) is 16.8 Å². The fourth-order valence-corrected chi connectivity index (χ4v) is 2.34. The van der Waals surface area contributed by atoms with Gasteiger partial charge in [-0.1, -0.05) is 23.7 Å². The molecule has 2 heterocycles. The number of rotatable bonds is 3. The van der Waals surface area contributed by atoms with Crippen molar-refractivity contribution >= 4 is 29.1 Å². The second kappa shape index (κ2) is 5.07. The van der Waals surface area contributed by atoms with Gasteiger partial charge in [0.05, 0.1) is 0 Å². The van der Waals surface area contributed by atoms with Gasteiger partial charge >= 0.3 is 0 Å². The Hall–Kier alpha value is -1.79. The molecule has 0 fully saturated rings. The number of halogens is 1. The molecule has 3 aromatic rings. The molecule has 0 spiro atoms. The van der Waals surface area contributed by atoms with Crippen LogP contribution in [0, 0.1) is 0 Å². The zero-order valence-electron chi connectivity index (χ0n) is 9.95. The lowest BCUT2D eigenvalue weighted by Crippen LogP contribution is -1.98. The molecular weight excluding hydrogens is 284 g/mol. The largest absolute Gasteiger partial charge is 0.438 e. The molecule has 0 amide bonds. The van der Waals surface area contributed by atoms with Gasteiger partial charge in [0.25, 0.3) is 5.78 Å². The van der Waals surface area contributed by atoms with Gasteiger partial charge in [-0.15, -0.1) is 11.8 Å². The van der Waals surface area contributed by atoms with Crippen LogP contribution < -0.4 is 4.74 Å². The van der Waals surface area contributed by atoms with Gasteiger partial charge in [-0.25, -0.2) is 0 Å². The Balaban J connectivity index is 2.07. The number of aromatic nitrogens is 4. The number of ether oxygens (including phenoxy) is 1. The predicted octanol–water partition coefficient (Wildman–Crippen LogP) is 3.29. The van der Waals surface area contributed by atoms with Crippen molar-refractivity contribution in [2.45, 2.75) is 4.90 Å². The minimum atomic E-state index is 0.317. The summed E-state index contributed by atoms with van der Waals surface area (Å²) in [5.41, 5.74) is 0. The normalized spacial score (nSPS) is 10.8. The van der Waals surface area contributed by atoms with E-state index in [4.69, 9.17) is 16.3 Å². The second-order valence-corrected chi connectivity index (χ2v) is 4.88. The molecule has 2 aromatic heterocycles. The van der Waals surface area contributed by atoms with Gasteiger partial charge < -0.3 is 4.74 Å². The summed E-state index contributed by atoms with van der Waals surface area (Å²) in [7, 11) is 0. The van der Waals surface area contributed by atoms with Gasteiger partial charge in [-0.2, -0.15) is 19.6 Å². The molecular formula is C12H9ClN4OS. The van der Waals surface area contributed by atoms with Crippen molar-refractivity contribution in [2.75, 3.05) is 6.26 Å². The van der Waals surface area contributed by atoms with E-state index in [-0.39, 0.29) is 0 Å². The SMILES string of the molecule is CSc1ccccc1Oc1cc(Cl)nc2ncnn12. The Morgan fingerprint density at radius 2 is 2.16 bits per heavy atom. The van der Waals surface area contributed by atoms with Gasteiger partial charge in [0, 0.05) is 11.0 Å². The molecule has 0 aliphatic rings. The Labute approximate surface area is 118 Å². The van der Waals surface area contributed by atoms with E-state index in [9.17, 15) is 0 Å². The Morgan fingerprint density at radius 3 is 3.00 bits per heavy atom. The van der Waals surface area contributed by atoms with Crippen molar-refractivity contribution in [3.8, 4) is 11.6 Å². The lowest BCUT2D eigenvalue weighted by molar-refractivity contribution is 0.436. The standard InChI is InChI=1S/C12H9ClN4OS/c1-19-9-5-3-2-4-8(9)18-11-6-10(13)16-12-14-7-15-17(11)12/h2-7H,1H3. The first kappa shape index (κ1) is 12.3. The third-order valence-electron chi connectivity index (χ3n) is 2.47. The molecule has 0 radical (unpaired) electrons. The molecule has 19 heavy (non-hydrogen) atoms. The van der Waals surface area contributed by atoms with Crippen molar-refractivity contribution in [1.82, 2.24) is 19.6 Å². The highest BCUT2D eigenvalue weighted by molar-refractivity contribution is 7.98. The molecule has 7 heteroatoms. The zero-order valence-corrected chi connectivity index (χ0v) is 11.5. The fourth-order valence-electron chi connectivity index (χ4n) is 1.65.